The highest BCUT2D eigenvalue weighted by Gasteiger charge is 2.12. The first kappa shape index (κ1) is 17.4. The smallest absolute Gasteiger partial charge is 0.262 e. The van der Waals surface area contributed by atoms with Gasteiger partial charge >= 0.3 is 0 Å². The average Bonchev–Trinajstić information content (AvgIpc) is 2.63. The number of hydrogen-bond donors (Lipinski definition) is 0. The van der Waals surface area contributed by atoms with Crippen molar-refractivity contribution in [1.29, 1.82) is 0 Å². The minimum Gasteiger partial charge on any atom is -0.299 e. The number of ketones is 1. The van der Waals surface area contributed by atoms with Gasteiger partial charge in [0.15, 0.2) is 5.16 Å². The van der Waals surface area contributed by atoms with Crippen LogP contribution in [0.1, 0.15) is 18.9 Å². The summed E-state index contributed by atoms with van der Waals surface area (Å²) in [4.78, 5) is 28.8. The first-order valence-corrected chi connectivity index (χ1v) is 9.29. The second-order valence-corrected chi connectivity index (χ2v) is 6.89. The van der Waals surface area contributed by atoms with Gasteiger partial charge in [-0.05, 0) is 37.5 Å². The van der Waals surface area contributed by atoms with E-state index in [1.165, 1.54) is 17.3 Å². The van der Waals surface area contributed by atoms with Gasteiger partial charge in [0.25, 0.3) is 5.56 Å². The standard InChI is InChI=1S/C20H20N2O2S/c1-15(23)14-25-20-21-18-12-6-5-11-17(18)19(24)22(20)13-7-10-16-8-3-2-4-9-16/h2-6,8-9,11-12H,7,10,13-14H2,1H3. The number of nitrogens with zero attached hydrogens (tertiary/aromatic N) is 2. The third-order valence-electron chi connectivity index (χ3n) is 3.92. The van der Waals surface area contributed by atoms with E-state index in [1.54, 1.807) is 17.6 Å². The van der Waals surface area contributed by atoms with Gasteiger partial charge in [-0.3, -0.25) is 14.2 Å². The maximum absolute atomic E-state index is 12.9. The summed E-state index contributed by atoms with van der Waals surface area (Å²) in [5.74, 6) is 0.395. The van der Waals surface area contributed by atoms with Crippen molar-refractivity contribution in [1.82, 2.24) is 9.55 Å². The van der Waals surface area contributed by atoms with E-state index in [0.717, 1.165) is 12.8 Å². The normalized spacial score (nSPS) is 10.9. The molecule has 0 atom stereocenters. The molecule has 25 heavy (non-hydrogen) atoms. The van der Waals surface area contributed by atoms with E-state index in [-0.39, 0.29) is 11.3 Å². The summed E-state index contributed by atoms with van der Waals surface area (Å²) in [6.07, 6.45) is 1.74. The molecule has 2 aromatic carbocycles. The molecule has 0 saturated heterocycles. The molecule has 3 aromatic rings. The number of benzene rings is 2. The molecule has 128 valence electrons. The van der Waals surface area contributed by atoms with Crippen LogP contribution in [0.15, 0.2) is 64.5 Å². The zero-order valence-electron chi connectivity index (χ0n) is 14.1. The van der Waals surface area contributed by atoms with Crippen molar-refractivity contribution in [3.05, 3.63) is 70.5 Å². The second-order valence-electron chi connectivity index (χ2n) is 5.95. The Hall–Kier alpha value is -2.40. The minimum absolute atomic E-state index is 0.0373. The summed E-state index contributed by atoms with van der Waals surface area (Å²) in [6.45, 7) is 2.14. The average molecular weight is 352 g/mol. The van der Waals surface area contributed by atoms with E-state index < -0.39 is 0 Å². The maximum atomic E-state index is 12.9. The van der Waals surface area contributed by atoms with Gasteiger partial charge in [-0.1, -0.05) is 54.2 Å². The molecule has 0 fully saturated rings. The number of thioether (sulfide) groups is 1. The Morgan fingerprint density at radius 2 is 1.80 bits per heavy atom. The van der Waals surface area contributed by atoms with Crippen molar-refractivity contribution in [2.24, 2.45) is 0 Å². The van der Waals surface area contributed by atoms with Gasteiger partial charge in [0.2, 0.25) is 0 Å². The molecule has 3 rings (SSSR count). The van der Waals surface area contributed by atoms with Crippen molar-refractivity contribution in [3.8, 4) is 0 Å². The molecule has 0 saturated carbocycles. The summed E-state index contributed by atoms with van der Waals surface area (Å²) in [5.41, 5.74) is 1.89. The molecule has 0 amide bonds. The van der Waals surface area contributed by atoms with Gasteiger partial charge in [0, 0.05) is 6.54 Å². The van der Waals surface area contributed by atoms with Gasteiger partial charge < -0.3 is 0 Å². The lowest BCUT2D eigenvalue weighted by Gasteiger charge is -2.12. The molecule has 0 aliphatic rings. The maximum Gasteiger partial charge on any atom is 0.262 e. The van der Waals surface area contributed by atoms with Crippen LogP contribution in [-0.2, 0) is 17.8 Å². The number of Topliss-reactive ketones (excluding diaryl/α,β-unsaturated/α-hetero) is 1. The number of aryl methyl sites for hydroxylation is 1. The molecule has 0 spiro atoms. The van der Waals surface area contributed by atoms with Crippen LogP contribution in [-0.4, -0.2) is 21.1 Å². The van der Waals surface area contributed by atoms with Crippen LogP contribution in [0.3, 0.4) is 0 Å². The van der Waals surface area contributed by atoms with Gasteiger partial charge in [0.05, 0.1) is 16.7 Å². The molecule has 0 N–H and O–H groups in total. The fraction of sp³-hybridized carbons (Fsp3) is 0.250. The van der Waals surface area contributed by atoms with E-state index in [9.17, 15) is 9.59 Å². The second kappa shape index (κ2) is 8.12. The Bertz CT molecular complexity index is 935. The predicted molar refractivity (Wildman–Crippen MR) is 102 cm³/mol. The van der Waals surface area contributed by atoms with Crippen LogP contribution in [0.25, 0.3) is 10.9 Å². The lowest BCUT2D eigenvalue weighted by molar-refractivity contribution is -0.114. The van der Waals surface area contributed by atoms with Gasteiger partial charge in [-0.25, -0.2) is 4.98 Å². The van der Waals surface area contributed by atoms with Gasteiger partial charge in [-0.2, -0.15) is 0 Å². The molecule has 0 bridgehead atoms. The molecular weight excluding hydrogens is 332 g/mol. The summed E-state index contributed by atoms with van der Waals surface area (Å²) in [7, 11) is 0. The number of rotatable bonds is 7. The van der Waals surface area contributed by atoms with Crippen molar-refractivity contribution in [2.75, 3.05) is 5.75 Å². The summed E-state index contributed by atoms with van der Waals surface area (Å²) in [5, 5.41) is 1.24. The lowest BCUT2D eigenvalue weighted by atomic mass is 10.1. The van der Waals surface area contributed by atoms with E-state index in [4.69, 9.17) is 0 Å². The minimum atomic E-state index is -0.0373. The number of carbonyl (C=O) groups excluding carboxylic acids is 1. The predicted octanol–water partition coefficient (Wildman–Crippen LogP) is 3.71. The number of aromatic nitrogens is 2. The number of fused-ring (bicyclic) bond motifs is 1. The van der Waals surface area contributed by atoms with Crippen LogP contribution < -0.4 is 5.56 Å². The summed E-state index contributed by atoms with van der Waals surface area (Å²) >= 11 is 1.33. The number of hydrogen-bond acceptors (Lipinski definition) is 4. The Kier molecular flexibility index (Phi) is 5.66. The quantitative estimate of drug-likeness (QED) is 0.480. The molecule has 0 aliphatic heterocycles. The molecule has 0 unspecified atom stereocenters. The van der Waals surface area contributed by atoms with Crippen LogP contribution in [0, 0.1) is 0 Å². The highest BCUT2D eigenvalue weighted by molar-refractivity contribution is 7.99. The van der Waals surface area contributed by atoms with Crippen LogP contribution in [0.4, 0.5) is 0 Å². The largest absolute Gasteiger partial charge is 0.299 e. The number of carbonyl (C=O) groups is 1. The molecule has 0 radical (unpaired) electrons. The Balaban J connectivity index is 1.87. The monoisotopic (exact) mass is 352 g/mol. The summed E-state index contributed by atoms with van der Waals surface area (Å²) < 4.78 is 1.71. The molecular formula is C20H20N2O2S. The zero-order valence-corrected chi connectivity index (χ0v) is 15.0. The topological polar surface area (TPSA) is 52.0 Å². The fourth-order valence-electron chi connectivity index (χ4n) is 2.71. The number of para-hydroxylation sites is 1. The third-order valence-corrected chi connectivity index (χ3v) is 5.04. The Morgan fingerprint density at radius 1 is 1.08 bits per heavy atom. The van der Waals surface area contributed by atoms with Gasteiger partial charge in [-0.15, -0.1) is 0 Å². The van der Waals surface area contributed by atoms with Crippen molar-refractivity contribution in [2.45, 2.75) is 31.5 Å². The SMILES string of the molecule is CC(=O)CSc1nc2ccccc2c(=O)n1CCCc1ccccc1. The zero-order chi connectivity index (χ0) is 17.6. The summed E-state index contributed by atoms with van der Waals surface area (Å²) in [6, 6.07) is 17.6. The lowest BCUT2D eigenvalue weighted by Crippen LogP contribution is -2.24. The van der Waals surface area contributed by atoms with Crippen LogP contribution >= 0.6 is 11.8 Å². The molecule has 5 heteroatoms. The van der Waals surface area contributed by atoms with Gasteiger partial charge in [0.1, 0.15) is 5.78 Å². The first-order chi connectivity index (χ1) is 12.1. The van der Waals surface area contributed by atoms with Crippen molar-refractivity contribution in [3.63, 3.8) is 0 Å². The van der Waals surface area contributed by atoms with Crippen molar-refractivity contribution >= 4 is 28.4 Å². The van der Waals surface area contributed by atoms with E-state index >= 15 is 0 Å². The van der Waals surface area contributed by atoms with Crippen molar-refractivity contribution < 1.29 is 4.79 Å². The van der Waals surface area contributed by atoms with E-state index in [0.29, 0.717) is 28.4 Å². The van der Waals surface area contributed by atoms with E-state index in [1.807, 2.05) is 36.4 Å². The Morgan fingerprint density at radius 3 is 2.56 bits per heavy atom. The molecule has 1 heterocycles. The molecule has 0 aliphatic carbocycles. The van der Waals surface area contributed by atoms with E-state index in [2.05, 4.69) is 17.1 Å². The highest BCUT2D eigenvalue weighted by Crippen LogP contribution is 2.18. The third kappa shape index (κ3) is 4.37. The molecule has 1 aromatic heterocycles. The van der Waals surface area contributed by atoms with Crippen LogP contribution in [0.5, 0.6) is 0 Å². The fourth-order valence-corrected chi connectivity index (χ4v) is 3.53. The highest BCUT2D eigenvalue weighted by atomic mass is 32.2. The molecule has 4 nitrogen and oxygen atoms in total. The Labute approximate surface area is 150 Å². The first-order valence-electron chi connectivity index (χ1n) is 8.31. The van der Waals surface area contributed by atoms with Crippen LogP contribution in [0.2, 0.25) is 0 Å².